The van der Waals surface area contributed by atoms with Crippen molar-refractivity contribution in [3.63, 3.8) is 0 Å². The van der Waals surface area contributed by atoms with Crippen molar-refractivity contribution in [1.29, 1.82) is 0 Å². The van der Waals surface area contributed by atoms with Crippen LogP contribution in [0.3, 0.4) is 0 Å². The summed E-state index contributed by atoms with van der Waals surface area (Å²) in [6.45, 7) is 5.55. The highest BCUT2D eigenvalue weighted by Crippen LogP contribution is 2.28. The number of carbonyl (C=O) groups is 1. The molecule has 0 bridgehead atoms. The van der Waals surface area contributed by atoms with Crippen LogP contribution in [0.2, 0.25) is 0 Å². The second kappa shape index (κ2) is 4.66. The largest absolute Gasteiger partial charge is 0.491 e. The topological polar surface area (TPSA) is 46.5 Å². The Labute approximate surface area is 97.2 Å². The number of ether oxygens (including phenoxy) is 1. The van der Waals surface area contributed by atoms with E-state index in [2.05, 4.69) is 15.9 Å². The van der Waals surface area contributed by atoms with E-state index in [0.717, 1.165) is 0 Å². The van der Waals surface area contributed by atoms with Crippen molar-refractivity contribution in [3.8, 4) is 5.75 Å². The normalized spacial score (nSPS) is 10.5. The Morgan fingerprint density at radius 3 is 2.53 bits per heavy atom. The molecule has 1 N–H and O–H groups in total. The van der Waals surface area contributed by atoms with Gasteiger partial charge >= 0.3 is 5.97 Å². The minimum Gasteiger partial charge on any atom is -0.491 e. The van der Waals surface area contributed by atoms with Crippen LogP contribution in [0.5, 0.6) is 5.75 Å². The molecule has 0 fully saturated rings. The molecule has 0 saturated carbocycles. The van der Waals surface area contributed by atoms with Crippen molar-refractivity contribution in [3.05, 3.63) is 27.7 Å². The molecule has 1 rings (SSSR count). The average Bonchev–Trinajstić information content (AvgIpc) is 2.09. The van der Waals surface area contributed by atoms with E-state index in [1.54, 1.807) is 19.1 Å². The third kappa shape index (κ3) is 2.72. The molecular weight excluding hydrogens is 260 g/mol. The Kier molecular flexibility index (Phi) is 3.74. The highest BCUT2D eigenvalue weighted by molar-refractivity contribution is 9.10. The van der Waals surface area contributed by atoms with Gasteiger partial charge in [-0.3, -0.25) is 0 Å². The third-order valence-electron chi connectivity index (χ3n) is 1.94. The minimum atomic E-state index is -0.950. The Bertz CT molecular complexity index is 386. The molecule has 4 heteroatoms. The number of carboxylic acid groups (broad SMARTS) is 1. The van der Waals surface area contributed by atoms with E-state index in [4.69, 9.17) is 9.84 Å². The summed E-state index contributed by atoms with van der Waals surface area (Å²) < 4.78 is 6.08. The van der Waals surface area contributed by atoms with Gasteiger partial charge in [0.15, 0.2) is 0 Å². The molecule has 0 aliphatic carbocycles. The van der Waals surface area contributed by atoms with E-state index in [1.807, 2.05) is 13.8 Å². The summed E-state index contributed by atoms with van der Waals surface area (Å²) in [7, 11) is 0. The zero-order chi connectivity index (χ0) is 11.6. The predicted octanol–water partition coefficient (Wildman–Crippen LogP) is 3.24. The summed E-state index contributed by atoms with van der Waals surface area (Å²) in [5, 5.41) is 9.02. The number of benzene rings is 1. The molecule has 0 heterocycles. The predicted molar refractivity (Wildman–Crippen MR) is 61.6 cm³/mol. The molecule has 1 aromatic carbocycles. The summed E-state index contributed by atoms with van der Waals surface area (Å²) in [5.41, 5.74) is 0.902. The maximum absolute atomic E-state index is 11.0. The molecule has 15 heavy (non-hydrogen) atoms. The second-order valence-electron chi connectivity index (χ2n) is 3.52. The number of hydrogen-bond acceptors (Lipinski definition) is 2. The number of halogens is 1. The first-order valence-corrected chi connectivity index (χ1v) is 5.41. The van der Waals surface area contributed by atoms with E-state index >= 15 is 0 Å². The van der Waals surface area contributed by atoms with Crippen molar-refractivity contribution >= 4 is 21.9 Å². The molecule has 3 nitrogen and oxygen atoms in total. The van der Waals surface area contributed by atoms with Crippen molar-refractivity contribution in [2.24, 2.45) is 0 Å². The van der Waals surface area contributed by atoms with Gasteiger partial charge in [0.05, 0.1) is 11.7 Å². The van der Waals surface area contributed by atoms with Crippen LogP contribution in [0.15, 0.2) is 16.6 Å². The van der Waals surface area contributed by atoms with E-state index in [0.29, 0.717) is 15.8 Å². The fraction of sp³-hybridized carbons (Fsp3) is 0.364. The molecule has 0 aromatic heterocycles. The molecule has 1 aromatic rings. The molecule has 0 radical (unpaired) electrons. The van der Waals surface area contributed by atoms with Gasteiger partial charge in [-0.25, -0.2) is 4.79 Å². The molecule has 0 atom stereocenters. The van der Waals surface area contributed by atoms with E-state index in [1.165, 1.54) is 0 Å². The molecule has 0 aliphatic heterocycles. The van der Waals surface area contributed by atoms with Crippen LogP contribution >= 0.6 is 15.9 Å². The smallest absolute Gasteiger partial charge is 0.337 e. The SMILES string of the molecule is Cc1c(OC(C)C)ccc(Br)c1C(=O)O. The molecule has 0 aliphatic rings. The monoisotopic (exact) mass is 272 g/mol. The highest BCUT2D eigenvalue weighted by atomic mass is 79.9. The summed E-state index contributed by atoms with van der Waals surface area (Å²) >= 11 is 3.21. The van der Waals surface area contributed by atoms with Crippen molar-refractivity contribution in [2.75, 3.05) is 0 Å². The van der Waals surface area contributed by atoms with Gasteiger partial charge in [-0.05, 0) is 48.8 Å². The lowest BCUT2D eigenvalue weighted by Crippen LogP contribution is -2.09. The molecular formula is C11H13BrO3. The first-order valence-electron chi connectivity index (χ1n) is 4.62. The lowest BCUT2D eigenvalue weighted by Gasteiger charge is -2.14. The van der Waals surface area contributed by atoms with Crippen LogP contribution in [-0.2, 0) is 0 Å². The van der Waals surface area contributed by atoms with Gasteiger partial charge in [0.25, 0.3) is 0 Å². The Balaban J connectivity index is 3.22. The van der Waals surface area contributed by atoms with Crippen LogP contribution in [0.1, 0.15) is 29.8 Å². The fourth-order valence-corrected chi connectivity index (χ4v) is 1.90. The second-order valence-corrected chi connectivity index (χ2v) is 4.37. The van der Waals surface area contributed by atoms with E-state index in [-0.39, 0.29) is 11.7 Å². The number of hydrogen-bond donors (Lipinski definition) is 1. The molecule has 0 saturated heterocycles. The third-order valence-corrected chi connectivity index (χ3v) is 2.60. The number of rotatable bonds is 3. The van der Waals surface area contributed by atoms with Crippen molar-refractivity contribution in [1.82, 2.24) is 0 Å². The van der Waals surface area contributed by atoms with Crippen LogP contribution in [-0.4, -0.2) is 17.2 Å². The van der Waals surface area contributed by atoms with Gasteiger partial charge < -0.3 is 9.84 Å². The van der Waals surface area contributed by atoms with Gasteiger partial charge in [-0.1, -0.05) is 0 Å². The highest BCUT2D eigenvalue weighted by Gasteiger charge is 2.15. The maximum atomic E-state index is 11.0. The van der Waals surface area contributed by atoms with Crippen LogP contribution in [0, 0.1) is 6.92 Å². The molecule has 0 spiro atoms. The lowest BCUT2D eigenvalue weighted by atomic mass is 10.1. The zero-order valence-corrected chi connectivity index (χ0v) is 10.5. The average molecular weight is 273 g/mol. The summed E-state index contributed by atoms with van der Waals surface area (Å²) in [6, 6.07) is 3.46. The molecule has 0 amide bonds. The summed E-state index contributed by atoms with van der Waals surface area (Å²) in [5.74, 6) is -0.334. The van der Waals surface area contributed by atoms with Crippen molar-refractivity contribution in [2.45, 2.75) is 26.9 Å². The van der Waals surface area contributed by atoms with E-state index in [9.17, 15) is 4.79 Å². The number of carboxylic acids is 1. The fourth-order valence-electron chi connectivity index (χ4n) is 1.30. The van der Waals surface area contributed by atoms with Crippen LogP contribution in [0.25, 0.3) is 0 Å². The summed E-state index contributed by atoms with van der Waals surface area (Å²) in [4.78, 5) is 11.0. The Hall–Kier alpha value is -1.03. The van der Waals surface area contributed by atoms with Crippen LogP contribution in [0.4, 0.5) is 0 Å². The van der Waals surface area contributed by atoms with Gasteiger partial charge in [-0.15, -0.1) is 0 Å². The Morgan fingerprint density at radius 1 is 1.47 bits per heavy atom. The molecule has 0 unspecified atom stereocenters. The maximum Gasteiger partial charge on any atom is 0.337 e. The van der Waals surface area contributed by atoms with Gasteiger partial charge in [0.1, 0.15) is 5.75 Å². The standard InChI is InChI=1S/C11H13BrO3/c1-6(2)15-9-5-4-8(12)10(7(9)3)11(13)14/h4-6H,1-3H3,(H,13,14). The quantitative estimate of drug-likeness (QED) is 0.919. The van der Waals surface area contributed by atoms with E-state index < -0.39 is 5.97 Å². The van der Waals surface area contributed by atoms with Gasteiger partial charge in [0, 0.05) is 10.0 Å². The van der Waals surface area contributed by atoms with Crippen LogP contribution < -0.4 is 4.74 Å². The lowest BCUT2D eigenvalue weighted by molar-refractivity contribution is 0.0694. The zero-order valence-electron chi connectivity index (χ0n) is 8.87. The van der Waals surface area contributed by atoms with Gasteiger partial charge in [0.2, 0.25) is 0 Å². The van der Waals surface area contributed by atoms with Crippen molar-refractivity contribution < 1.29 is 14.6 Å². The first kappa shape index (κ1) is 12.0. The first-order chi connectivity index (χ1) is 6.93. The minimum absolute atomic E-state index is 0.0338. The molecule has 82 valence electrons. The summed E-state index contributed by atoms with van der Waals surface area (Å²) in [6.07, 6.45) is 0.0338. The number of aromatic carboxylic acids is 1. The Morgan fingerprint density at radius 2 is 2.07 bits per heavy atom. The van der Waals surface area contributed by atoms with Gasteiger partial charge in [-0.2, -0.15) is 0 Å².